The van der Waals surface area contributed by atoms with Gasteiger partial charge in [0.1, 0.15) is 12.4 Å². The summed E-state index contributed by atoms with van der Waals surface area (Å²) in [5, 5.41) is 4.45. The third-order valence-corrected chi connectivity index (χ3v) is 4.15. The lowest BCUT2D eigenvalue weighted by Crippen LogP contribution is -2.14. The molecule has 0 bridgehead atoms. The molecule has 0 N–H and O–H groups in total. The number of esters is 1. The predicted octanol–water partition coefficient (Wildman–Crippen LogP) is 2.98. The van der Waals surface area contributed by atoms with Crippen LogP contribution in [0.1, 0.15) is 33.4 Å². The van der Waals surface area contributed by atoms with Crippen molar-refractivity contribution < 1.29 is 19.0 Å². The highest BCUT2D eigenvalue weighted by molar-refractivity contribution is 7.07. The molecular formula is C14H13ClN2O4S. The van der Waals surface area contributed by atoms with E-state index in [1.807, 2.05) is 6.92 Å². The molecule has 1 aliphatic rings. The van der Waals surface area contributed by atoms with Crippen molar-refractivity contribution in [2.45, 2.75) is 26.6 Å². The maximum atomic E-state index is 12.1. The Labute approximate surface area is 136 Å². The quantitative estimate of drug-likeness (QED) is 0.797. The molecule has 0 spiro atoms. The fraction of sp³-hybridized carbons (Fsp3) is 0.357. The van der Waals surface area contributed by atoms with Crippen molar-refractivity contribution in [3.63, 3.8) is 0 Å². The summed E-state index contributed by atoms with van der Waals surface area (Å²) in [4.78, 5) is 12.6. The zero-order valence-corrected chi connectivity index (χ0v) is 13.4. The van der Waals surface area contributed by atoms with Crippen LogP contribution in [-0.2, 0) is 29.1 Å². The van der Waals surface area contributed by atoms with Crippen molar-refractivity contribution in [3.05, 3.63) is 38.9 Å². The number of ether oxygens (including phenoxy) is 3. The molecule has 0 amide bonds. The first-order chi connectivity index (χ1) is 10.7. The van der Waals surface area contributed by atoms with E-state index >= 15 is 0 Å². The fourth-order valence-electron chi connectivity index (χ4n) is 2.17. The van der Waals surface area contributed by atoms with E-state index in [2.05, 4.69) is 9.59 Å². The lowest BCUT2D eigenvalue weighted by Gasteiger charge is -2.21. The molecule has 0 saturated heterocycles. The van der Waals surface area contributed by atoms with Gasteiger partial charge in [0.15, 0.2) is 11.7 Å². The highest BCUT2D eigenvalue weighted by Gasteiger charge is 2.20. The summed E-state index contributed by atoms with van der Waals surface area (Å²) in [6.07, 6.45) is 0.633. The lowest BCUT2D eigenvalue weighted by atomic mass is 10.1. The number of halogens is 1. The third kappa shape index (κ3) is 3.06. The maximum absolute atomic E-state index is 12.1. The van der Waals surface area contributed by atoms with Gasteiger partial charge in [0.25, 0.3) is 0 Å². The normalized spacial score (nSPS) is 13.4. The Morgan fingerprint density at radius 3 is 3.18 bits per heavy atom. The third-order valence-electron chi connectivity index (χ3n) is 3.19. The number of rotatable bonds is 4. The average molecular weight is 341 g/mol. The molecule has 8 heteroatoms. The summed E-state index contributed by atoms with van der Waals surface area (Å²) in [5.74, 6) is 0.231. The average Bonchev–Trinajstić information content (AvgIpc) is 3.00. The van der Waals surface area contributed by atoms with Crippen LogP contribution in [0, 0.1) is 0 Å². The molecule has 0 radical (unpaired) electrons. The number of carbonyl (C=O) groups excluding carboxylic acids is 1. The number of aryl methyl sites for hydroxylation is 1. The number of hydrogen-bond donors (Lipinski definition) is 0. The summed E-state index contributed by atoms with van der Waals surface area (Å²) in [5.41, 5.74) is 2.21. The Balaban J connectivity index is 1.77. The van der Waals surface area contributed by atoms with Crippen LogP contribution >= 0.6 is 23.1 Å². The Morgan fingerprint density at radius 2 is 2.36 bits per heavy atom. The van der Waals surface area contributed by atoms with Gasteiger partial charge in [-0.3, -0.25) is 0 Å². The maximum Gasteiger partial charge on any atom is 0.352 e. The number of aromatic nitrogens is 2. The van der Waals surface area contributed by atoms with E-state index < -0.39 is 5.97 Å². The van der Waals surface area contributed by atoms with Gasteiger partial charge in [-0.05, 0) is 30.1 Å². The molecule has 0 unspecified atom stereocenters. The van der Waals surface area contributed by atoms with Crippen LogP contribution in [-0.4, -0.2) is 22.3 Å². The molecule has 116 valence electrons. The summed E-state index contributed by atoms with van der Waals surface area (Å²) < 4.78 is 19.8. The monoisotopic (exact) mass is 340 g/mol. The number of hydrogen-bond acceptors (Lipinski definition) is 7. The lowest BCUT2D eigenvalue weighted by molar-refractivity contribution is -0.0180. The van der Waals surface area contributed by atoms with Gasteiger partial charge in [-0.2, -0.15) is 0 Å². The van der Waals surface area contributed by atoms with Gasteiger partial charge in [-0.25, -0.2) is 4.79 Å². The van der Waals surface area contributed by atoms with E-state index in [9.17, 15) is 4.79 Å². The highest BCUT2D eigenvalue weighted by atomic mass is 35.5. The van der Waals surface area contributed by atoms with Gasteiger partial charge in [-0.15, -0.1) is 5.10 Å². The number of benzene rings is 1. The minimum atomic E-state index is -0.437. The molecule has 6 nitrogen and oxygen atoms in total. The van der Waals surface area contributed by atoms with Crippen LogP contribution in [0.3, 0.4) is 0 Å². The first-order valence-electron chi connectivity index (χ1n) is 6.69. The Hall–Kier alpha value is -1.70. The van der Waals surface area contributed by atoms with Gasteiger partial charge in [0, 0.05) is 16.1 Å². The van der Waals surface area contributed by atoms with E-state index in [-0.39, 0.29) is 13.4 Å². The second-order valence-corrected chi connectivity index (χ2v) is 5.83. The molecule has 0 aliphatic carbocycles. The Bertz CT molecular complexity index is 704. The van der Waals surface area contributed by atoms with Crippen molar-refractivity contribution >= 4 is 29.1 Å². The molecule has 0 saturated carbocycles. The van der Waals surface area contributed by atoms with Gasteiger partial charge < -0.3 is 14.2 Å². The highest BCUT2D eigenvalue weighted by Crippen LogP contribution is 2.32. The SMILES string of the molecule is CCc1nnsc1C(=O)OCc1cc(Cl)cc2c1OCOC2. The van der Waals surface area contributed by atoms with E-state index in [1.54, 1.807) is 12.1 Å². The minimum Gasteiger partial charge on any atom is -0.467 e. The number of nitrogens with zero attached hydrogens (tertiary/aromatic N) is 2. The standard InChI is InChI=1S/C14H13ClN2O4S/c1-2-11-13(22-17-16-11)14(18)20-6-9-4-10(15)3-8-5-19-7-21-12(8)9/h3-4H,2,5-7H2,1H3. The zero-order valence-electron chi connectivity index (χ0n) is 11.8. The van der Waals surface area contributed by atoms with Crippen molar-refractivity contribution in [1.29, 1.82) is 0 Å². The molecule has 0 fully saturated rings. The van der Waals surface area contributed by atoms with Crippen LogP contribution in [0.2, 0.25) is 5.02 Å². The molecule has 1 aromatic carbocycles. The van der Waals surface area contributed by atoms with Crippen molar-refractivity contribution in [2.24, 2.45) is 0 Å². The van der Waals surface area contributed by atoms with Crippen molar-refractivity contribution in [2.75, 3.05) is 6.79 Å². The first-order valence-corrected chi connectivity index (χ1v) is 7.84. The van der Waals surface area contributed by atoms with Gasteiger partial charge in [0.05, 0.1) is 12.3 Å². The smallest absolute Gasteiger partial charge is 0.352 e. The molecule has 1 aromatic heterocycles. The van der Waals surface area contributed by atoms with Crippen LogP contribution in [0.15, 0.2) is 12.1 Å². The van der Waals surface area contributed by atoms with E-state index in [1.165, 1.54) is 0 Å². The molecular weight excluding hydrogens is 328 g/mol. The van der Waals surface area contributed by atoms with E-state index in [4.69, 9.17) is 25.8 Å². The molecule has 22 heavy (non-hydrogen) atoms. The fourth-order valence-corrected chi connectivity index (χ4v) is 3.08. The van der Waals surface area contributed by atoms with Gasteiger partial charge >= 0.3 is 5.97 Å². The topological polar surface area (TPSA) is 70.5 Å². The summed E-state index contributed by atoms with van der Waals surface area (Å²) in [7, 11) is 0. The van der Waals surface area contributed by atoms with Gasteiger partial charge in [-0.1, -0.05) is 23.0 Å². The largest absolute Gasteiger partial charge is 0.467 e. The summed E-state index contributed by atoms with van der Waals surface area (Å²) in [6, 6.07) is 3.51. The second kappa shape index (κ2) is 6.60. The first kappa shape index (κ1) is 15.2. The number of fused-ring (bicyclic) bond motifs is 1. The summed E-state index contributed by atoms with van der Waals surface area (Å²) in [6.45, 7) is 2.58. The van der Waals surface area contributed by atoms with Crippen molar-refractivity contribution in [1.82, 2.24) is 9.59 Å². The second-order valence-electron chi connectivity index (χ2n) is 4.64. The Morgan fingerprint density at radius 1 is 1.50 bits per heavy atom. The minimum absolute atomic E-state index is 0.0722. The predicted molar refractivity (Wildman–Crippen MR) is 80.1 cm³/mol. The van der Waals surface area contributed by atoms with E-state index in [0.717, 1.165) is 22.7 Å². The van der Waals surface area contributed by atoms with Crippen molar-refractivity contribution in [3.8, 4) is 5.75 Å². The van der Waals surface area contributed by atoms with E-state index in [0.29, 0.717) is 34.4 Å². The molecule has 3 rings (SSSR count). The van der Waals surface area contributed by atoms with Crippen LogP contribution < -0.4 is 4.74 Å². The van der Waals surface area contributed by atoms with Gasteiger partial charge in [0.2, 0.25) is 0 Å². The van der Waals surface area contributed by atoms with Crippen LogP contribution in [0.25, 0.3) is 0 Å². The molecule has 0 atom stereocenters. The number of carbonyl (C=O) groups is 1. The van der Waals surface area contributed by atoms with Crippen LogP contribution in [0.5, 0.6) is 5.75 Å². The Kier molecular flexibility index (Phi) is 4.56. The molecule has 2 heterocycles. The molecule has 1 aliphatic heterocycles. The van der Waals surface area contributed by atoms with Crippen LogP contribution in [0.4, 0.5) is 0 Å². The molecule has 2 aromatic rings. The zero-order chi connectivity index (χ0) is 15.5. The summed E-state index contributed by atoms with van der Waals surface area (Å²) >= 11 is 7.11.